The van der Waals surface area contributed by atoms with E-state index in [1.807, 2.05) is 30.3 Å². The van der Waals surface area contributed by atoms with Gasteiger partial charge in [0.15, 0.2) is 5.96 Å². The third-order valence-electron chi connectivity index (χ3n) is 5.55. The van der Waals surface area contributed by atoms with Gasteiger partial charge in [0.05, 0.1) is 19.3 Å². The highest BCUT2D eigenvalue weighted by Crippen LogP contribution is 2.30. The first kappa shape index (κ1) is 21.7. The minimum absolute atomic E-state index is 0.304. The number of aromatic nitrogens is 1. The standard InChI is InChI=1S/C25H31N5O2/c1-4-26-25(27-15-21-17-32-24(28-21)19-11-9-18(2)10-12-19)29-20-13-14-30(16-20)22-7-5-6-8-23(22)31-3/h5-12,17,20H,4,13-16H2,1-3H3,(H2,26,27,29). The zero-order valence-corrected chi connectivity index (χ0v) is 19.0. The maximum absolute atomic E-state index is 5.66. The van der Waals surface area contributed by atoms with Crippen LogP contribution in [-0.2, 0) is 6.54 Å². The molecule has 0 aliphatic carbocycles. The lowest BCUT2D eigenvalue weighted by atomic mass is 10.1. The molecule has 1 saturated heterocycles. The van der Waals surface area contributed by atoms with E-state index in [4.69, 9.17) is 14.1 Å². The summed E-state index contributed by atoms with van der Waals surface area (Å²) in [5.41, 5.74) is 4.12. The molecule has 1 atom stereocenters. The van der Waals surface area contributed by atoms with Crippen molar-refractivity contribution >= 4 is 11.6 Å². The molecule has 1 aromatic heterocycles. The van der Waals surface area contributed by atoms with E-state index in [1.54, 1.807) is 13.4 Å². The predicted octanol–water partition coefficient (Wildman–Crippen LogP) is 3.99. The number of para-hydroxylation sites is 2. The Morgan fingerprint density at radius 2 is 2.03 bits per heavy atom. The number of methoxy groups -OCH3 is 1. The van der Waals surface area contributed by atoms with Crippen LogP contribution in [0.25, 0.3) is 11.5 Å². The molecule has 0 spiro atoms. The maximum atomic E-state index is 5.66. The summed E-state index contributed by atoms with van der Waals surface area (Å²) in [6.07, 6.45) is 2.71. The van der Waals surface area contributed by atoms with Crippen molar-refractivity contribution in [2.75, 3.05) is 31.6 Å². The van der Waals surface area contributed by atoms with Crippen molar-refractivity contribution in [2.45, 2.75) is 32.9 Å². The average molecular weight is 434 g/mol. The lowest BCUT2D eigenvalue weighted by Crippen LogP contribution is -2.44. The fraction of sp³-hybridized carbons (Fsp3) is 0.360. The highest BCUT2D eigenvalue weighted by molar-refractivity contribution is 5.80. The Hall–Kier alpha value is -3.48. The van der Waals surface area contributed by atoms with E-state index in [-0.39, 0.29) is 0 Å². The van der Waals surface area contributed by atoms with Crippen LogP contribution in [0.4, 0.5) is 5.69 Å². The summed E-state index contributed by atoms with van der Waals surface area (Å²) in [6.45, 7) is 7.25. The molecule has 0 saturated carbocycles. The SMILES string of the molecule is CCNC(=NCc1coc(-c2ccc(C)cc2)n1)NC1CCN(c2ccccc2OC)C1. The van der Waals surface area contributed by atoms with Gasteiger partial charge in [-0.25, -0.2) is 9.98 Å². The number of rotatable bonds is 7. The minimum Gasteiger partial charge on any atom is -0.495 e. The summed E-state index contributed by atoms with van der Waals surface area (Å²) in [5.74, 6) is 2.32. The number of aryl methyl sites for hydroxylation is 1. The van der Waals surface area contributed by atoms with Crippen LogP contribution >= 0.6 is 0 Å². The second kappa shape index (κ2) is 10.2. The van der Waals surface area contributed by atoms with Crippen LogP contribution in [0.1, 0.15) is 24.6 Å². The Bertz CT molecular complexity index is 1040. The number of hydrogen-bond acceptors (Lipinski definition) is 5. The molecule has 4 rings (SSSR count). The van der Waals surface area contributed by atoms with E-state index < -0.39 is 0 Å². The minimum atomic E-state index is 0.304. The smallest absolute Gasteiger partial charge is 0.226 e. The number of anilines is 1. The van der Waals surface area contributed by atoms with Gasteiger partial charge >= 0.3 is 0 Å². The summed E-state index contributed by atoms with van der Waals surface area (Å²) in [4.78, 5) is 11.7. The number of nitrogens with zero attached hydrogens (tertiary/aromatic N) is 3. The molecule has 0 bridgehead atoms. The lowest BCUT2D eigenvalue weighted by molar-refractivity contribution is 0.415. The zero-order valence-electron chi connectivity index (χ0n) is 19.0. The van der Waals surface area contributed by atoms with Crippen molar-refractivity contribution in [3.63, 3.8) is 0 Å². The molecule has 32 heavy (non-hydrogen) atoms. The van der Waals surface area contributed by atoms with Gasteiger partial charge in [0.1, 0.15) is 17.7 Å². The van der Waals surface area contributed by atoms with Gasteiger partial charge in [0.25, 0.3) is 0 Å². The second-order valence-corrected chi connectivity index (χ2v) is 7.95. The number of benzene rings is 2. The summed E-state index contributed by atoms with van der Waals surface area (Å²) >= 11 is 0. The highest BCUT2D eigenvalue weighted by atomic mass is 16.5. The lowest BCUT2D eigenvalue weighted by Gasteiger charge is -2.22. The Morgan fingerprint density at radius 1 is 1.22 bits per heavy atom. The van der Waals surface area contributed by atoms with Crippen molar-refractivity contribution in [2.24, 2.45) is 4.99 Å². The van der Waals surface area contributed by atoms with Crippen molar-refractivity contribution in [3.8, 4) is 17.2 Å². The third-order valence-corrected chi connectivity index (χ3v) is 5.55. The molecule has 1 unspecified atom stereocenters. The first-order chi connectivity index (χ1) is 15.7. The first-order valence-corrected chi connectivity index (χ1v) is 11.1. The molecular formula is C25H31N5O2. The Labute approximate surface area is 189 Å². The van der Waals surface area contributed by atoms with Gasteiger partial charge in [-0.15, -0.1) is 0 Å². The summed E-state index contributed by atoms with van der Waals surface area (Å²) in [7, 11) is 1.72. The Balaban J connectivity index is 1.38. The third kappa shape index (κ3) is 5.22. The van der Waals surface area contributed by atoms with Gasteiger partial charge in [-0.1, -0.05) is 29.8 Å². The molecule has 1 aliphatic rings. The molecule has 7 nitrogen and oxygen atoms in total. The van der Waals surface area contributed by atoms with Gasteiger partial charge in [0, 0.05) is 31.2 Å². The number of nitrogens with one attached hydrogen (secondary N) is 2. The van der Waals surface area contributed by atoms with Gasteiger partial charge < -0.3 is 24.7 Å². The number of ether oxygens (including phenoxy) is 1. The second-order valence-electron chi connectivity index (χ2n) is 7.95. The van der Waals surface area contributed by atoms with E-state index in [9.17, 15) is 0 Å². The number of guanidine groups is 1. The Morgan fingerprint density at radius 3 is 2.81 bits per heavy atom. The molecule has 2 aromatic carbocycles. The van der Waals surface area contributed by atoms with Crippen LogP contribution in [-0.4, -0.2) is 43.7 Å². The average Bonchev–Trinajstić information content (AvgIpc) is 3.48. The maximum Gasteiger partial charge on any atom is 0.226 e. The molecule has 1 fully saturated rings. The molecule has 1 aliphatic heterocycles. The number of oxazole rings is 1. The molecule has 3 aromatic rings. The molecule has 2 N–H and O–H groups in total. The van der Waals surface area contributed by atoms with Crippen LogP contribution in [0.2, 0.25) is 0 Å². The van der Waals surface area contributed by atoms with Crippen LogP contribution < -0.4 is 20.3 Å². The summed E-state index contributed by atoms with van der Waals surface area (Å²) < 4.78 is 11.2. The van der Waals surface area contributed by atoms with E-state index in [0.717, 1.165) is 54.7 Å². The fourth-order valence-electron chi connectivity index (χ4n) is 3.87. The number of aliphatic imine (C=N–C) groups is 1. The first-order valence-electron chi connectivity index (χ1n) is 11.1. The molecule has 7 heteroatoms. The molecule has 168 valence electrons. The van der Waals surface area contributed by atoms with Gasteiger partial charge in [-0.05, 0) is 44.5 Å². The van der Waals surface area contributed by atoms with Gasteiger partial charge in [-0.2, -0.15) is 0 Å². The van der Waals surface area contributed by atoms with Crippen LogP contribution in [0.5, 0.6) is 5.75 Å². The quantitative estimate of drug-likeness (QED) is 0.433. The normalized spacial score (nSPS) is 16.3. The monoisotopic (exact) mass is 433 g/mol. The molecular weight excluding hydrogens is 402 g/mol. The van der Waals surface area contributed by atoms with Crippen molar-refractivity contribution in [1.82, 2.24) is 15.6 Å². The van der Waals surface area contributed by atoms with Crippen molar-refractivity contribution < 1.29 is 9.15 Å². The van der Waals surface area contributed by atoms with Crippen molar-refractivity contribution in [1.29, 1.82) is 0 Å². The van der Waals surface area contributed by atoms with Crippen LogP contribution in [0.15, 0.2) is 64.2 Å². The van der Waals surface area contributed by atoms with E-state index >= 15 is 0 Å². The van der Waals surface area contributed by atoms with Gasteiger partial charge in [0.2, 0.25) is 5.89 Å². The summed E-state index contributed by atoms with van der Waals surface area (Å²) in [5, 5.41) is 6.91. The zero-order chi connectivity index (χ0) is 22.3. The molecule has 2 heterocycles. The molecule has 0 radical (unpaired) electrons. The Kier molecular flexibility index (Phi) is 6.94. The molecule has 0 amide bonds. The van der Waals surface area contributed by atoms with E-state index in [1.165, 1.54) is 5.56 Å². The highest BCUT2D eigenvalue weighted by Gasteiger charge is 2.25. The van der Waals surface area contributed by atoms with E-state index in [0.29, 0.717) is 18.5 Å². The van der Waals surface area contributed by atoms with Crippen molar-refractivity contribution in [3.05, 3.63) is 66.1 Å². The van der Waals surface area contributed by atoms with Gasteiger partial charge in [-0.3, -0.25) is 0 Å². The van der Waals surface area contributed by atoms with E-state index in [2.05, 4.69) is 52.6 Å². The van der Waals surface area contributed by atoms with Crippen LogP contribution in [0.3, 0.4) is 0 Å². The fourth-order valence-corrected chi connectivity index (χ4v) is 3.87. The van der Waals surface area contributed by atoms with Crippen LogP contribution in [0, 0.1) is 6.92 Å². The number of hydrogen-bond donors (Lipinski definition) is 2. The predicted molar refractivity (Wildman–Crippen MR) is 128 cm³/mol. The summed E-state index contributed by atoms with van der Waals surface area (Å²) in [6, 6.07) is 16.6. The topological polar surface area (TPSA) is 74.9 Å². The largest absolute Gasteiger partial charge is 0.495 e.